The van der Waals surface area contributed by atoms with Crippen molar-refractivity contribution in [2.45, 2.75) is 39.5 Å². The van der Waals surface area contributed by atoms with Crippen molar-refractivity contribution in [3.05, 3.63) is 69.4 Å². The number of nitrogens with zero attached hydrogens (tertiary/aromatic N) is 3. The van der Waals surface area contributed by atoms with Crippen molar-refractivity contribution in [2.24, 2.45) is 0 Å². The first kappa shape index (κ1) is 29.3. The van der Waals surface area contributed by atoms with E-state index in [0.717, 1.165) is 11.1 Å². The van der Waals surface area contributed by atoms with Crippen molar-refractivity contribution >= 4 is 17.2 Å². The minimum Gasteiger partial charge on any atom is -0.497 e. The minimum absolute atomic E-state index is 0.106. The second-order valence-electron chi connectivity index (χ2n) is 9.62. The Morgan fingerprint density at radius 1 is 0.923 bits per heavy atom. The standard InChI is InChI=1S/C28H36N4O7/c1-18-12-23(29-17-28(2,3)33)26(32(34)35)27(30-18)31(15-19-8-10-21(36-4)13-24(19)38-6)16-20-9-11-22(37-5)14-25(20)39-7/h8-14,33H,15-17H2,1-7H3,(H,29,30). The number of anilines is 2. The number of nitro groups is 1. The zero-order chi connectivity index (χ0) is 28.7. The predicted octanol–water partition coefficient (Wildman–Crippen LogP) is 4.72. The second kappa shape index (κ2) is 12.5. The van der Waals surface area contributed by atoms with Crippen LogP contribution in [-0.4, -0.2) is 55.6 Å². The van der Waals surface area contributed by atoms with Gasteiger partial charge in [-0.2, -0.15) is 0 Å². The number of aryl methyl sites for hydroxylation is 1. The van der Waals surface area contributed by atoms with Gasteiger partial charge in [0.1, 0.15) is 28.7 Å². The Kier molecular flexibility index (Phi) is 9.42. The van der Waals surface area contributed by atoms with Crippen LogP contribution in [0.1, 0.15) is 30.7 Å². The fraction of sp³-hybridized carbons (Fsp3) is 0.393. The number of hydrogen-bond acceptors (Lipinski definition) is 10. The number of ether oxygens (including phenoxy) is 4. The van der Waals surface area contributed by atoms with Gasteiger partial charge in [0.25, 0.3) is 0 Å². The summed E-state index contributed by atoms with van der Waals surface area (Å²) >= 11 is 0. The SMILES string of the molecule is COc1ccc(CN(Cc2ccc(OC)cc2OC)c2nc(C)cc(NCC(C)(C)O)c2[N+](=O)[O-])c(OC)c1. The van der Waals surface area contributed by atoms with Crippen molar-refractivity contribution in [1.29, 1.82) is 0 Å². The molecule has 39 heavy (non-hydrogen) atoms. The fourth-order valence-electron chi connectivity index (χ4n) is 4.08. The first-order valence-corrected chi connectivity index (χ1v) is 12.3. The highest BCUT2D eigenvalue weighted by molar-refractivity contribution is 5.75. The lowest BCUT2D eigenvalue weighted by atomic mass is 10.1. The van der Waals surface area contributed by atoms with Gasteiger partial charge in [-0.1, -0.05) is 0 Å². The zero-order valence-electron chi connectivity index (χ0n) is 23.4. The lowest BCUT2D eigenvalue weighted by molar-refractivity contribution is -0.383. The van der Waals surface area contributed by atoms with Crippen LogP contribution in [0.15, 0.2) is 42.5 Å². The number of aromatic nitrogens is 1. The van der Waals surface area contributed by atoms with Gasteiger partial charge < -0.3 is 34.3 Å². The summed E-state index contributed by atoms with van der Waals surface area (Å²) in [4.78, 5) is 18.4. The molecule has 0 atom stereocenters. The highest BCUT2D eigenvalue weighted by atomic mass is 16.6. The molecule has 0 saturated carbocycles. The summed E-state index contributed by atoms with van der Waals surface area (Å²) in [6, 6.07) is 12.4. The Bertz CT molecular complexity index is 1250. The Morgan fingerprint density at radius 3 is 1.85 bits per heavy atom. The van der Waals surface area contributed by atoms with Gasteiger partial charge in [-0.3, -0.25) is 10.1 Å². The van der Waals surface area contributed by atoms with E-state index in [9.17, 15) is 15.2 Å². The van der Waals surface area contributed by atoms with Crippen molar-refractivity contribution in [1.82, 2.24) is 4.98 Å². The molecule has 1 aromatic heterocycles. The molecule has 0 aliphatic heterocycles. The third-order valence-corrected chi connectivity index (χ3v) is 6.01. The van der Waals surface area contributed by atoms with Gasteiger partial charge in [0.15, 0.2) is 0 Å². The van der Waals surface area contributed by atoms with Gasteiger partial charge >= 0.3 is 5.69 Å². The highest BCUT2D eigenvalue weighted by Crippen LogP contribution is 2.38. The molecule has 3 aromatic rings. The van der Waals surface area contributed by atoms with Gasteiger partial charge in [0.05, 0.1) is 39.0 Å². The molecule has 0 saturated heterocycles. The smallest absolute Gasteiger partial charge is 0.334 e. The molecular formula is C28H36N4O7. The maximum absolute atomic E-state index is 12.5. The molecular weight excluding hydrogens is 504 g/mol. The van der Waals surface area contributed by atoms with E-state index in [1.807, 2.05) is 12.1 Å². The molecule has 0 aliphatic carbocycles. The van der Waals surface area contributed by atoms with E-state index < -0.39 is 10.5 Å². The topological polar surface area (TPSA) is 128 Å². The zero-order valence-corrected chi connectivity index (χ0v) is 23.4. The van der Waals surface area contributed by atoms with E-state index in [-0.39, 0.29) is 36.8 Å². The van der Waals surface area contributed by atoms with E-state index >= 15 is 0 Å². The first-order valence-electron chi connectivity index (χ1n) is 12.3. The van der Waals surface area contributed by atoms with Crippen LogP contribution in [0.5, 0.6) is 23.0 Å². The molecule has 11 heteroatoms. The van der Waals surface area contributed by atoms with Crippen molar-refractivity contribution in [3.63, 3.8) is 0 Å². The van der Waals surface area contributed by atoms with Crippen molar-refractivity contribution in [2.75, 3.05) is 45.2 Å². The molecule has 2 N–H and O–H groups in total. The van der Waals surface area contributed by atoms with Gasteiger partial charge in [0.2, 0.25) is 5.82 Å². The quantitative estimate of drug-likeness (QED) is 0.232. The summed E-state index contributed by atoms with van der Waals surface area (Å²) in [7, 11) is 6.25. The molecule has 0 radical (unpaired) electrons. The first-order chi connectivity index (χ1) is 18.5. The maximum atomic E-state index is 12.5. The number of pyridine rings is 1. The molecule has 0 fully saturated rings. The van der Waals surface area contributed by atoms with Crippen molar-refractivity contribution in [3.8, 4) is 23.0 Å². The number of aliphatic hydroxyl groups is 1. The average Bonchev–Trinajstić information content (AvgIpc) is 2.90. The molecule has 0 amide bonds. The van der Waals surface area contributed by atoms with Crippen LogP contribution >= 0.6 is 0 Å². The van der Waals surface area contributed by atoms with E-state index in [2.05, 4.69) is 10.3 Å². The van der Waals surface area contributed by atoms with Crippen LogP contribution in [0.2, 0.25) is 0 Å². The molecule has 0 unspecified atom stereocenters. The number of benzene rings is 2. The largest absolute Gasteiger partial charge is 0.497 e. The van der Waals surface area contributed by atoms with Crippen LogP contribution in [0, 0.1) is 17.0 Å². The third-order valence-electron chi connectivity index (χ3n) is 6.01. The normalized spacial score (nSPS) is 11.1. The number of nitrogens with one attached hydrogen (secondary N) is 1. The van der Waals surface area contributed by atoms with E-state index in [0.29, 0.717) is 28.7 Å². The Balaban J connectivity index is 2.19. The maximum Gasteiger partial charge on any atom is 0.334 e. The Morgan fingerprint density at radius 2 is 1.44 bits per heavy atom. The van der Waals surface area contributed by atoms with E-state index in [1.165, 1.54) is 0 Å². The number of rotatable bonds is 13. The Labute approximate surface area is 228 Å². The summed E-state index contributed by atoms with van der Waals surface area (Å²) in [5.74, 6) is 2.54. The van der Waals surface area contributed by atoms with Crippen LogP contribution in [0.4, 0.5) is 17.2 Å². The highest BCUT2D eigenvalue weighted by Gasteiger charge is 2.29. The monoisotopic (exact) mass is 540 g/mol. The molecule has 1 heterocycles. The second-order valence-corrected chi connectivity index (χ2v) is 9.62. The molecule has 0 aliphatic rings. The van der Waals surface area contributed by atoms with Gasteiger partial charge in [0, 0.05) is 48.6 Å². The summed E-state index contributed by atoms with van der Waals surface area (Å²) in [6.07, 6.45) is 0. The summed E-state index contributed by atoms with van der Waals surface area (Å²) in [6.45, 7) is 5.57. The number of hydrogen-bond donors (Lipinski definition) is 2. The molecule has 0 bridgehead atoms. The average molecular weight is 541 g/mol. The molecule has 0 spiro atoms. The summed E-state index contributed by atoms with van der Waals surface area (Å²) in [5, 5.41) is 25.7. The summed E-state index contributed by atoms with van der Waals surface area (Å²) < 4.78 is 21.9. The lowest BCUT2D eigenvalue weighted by Gasteiger charge is -2.27. The van der Waals surface area contributed by atoms with E-state index in [4.69, 9.17) is 18.9 Å². The minimum atomic E-state index is -1.09. The fourth-order valence-corrected chi connectivity index (χ4v) is 4.08. The van der Waals surface area contributed by atoms with E-state index in [1.54, 1.807) is 84.4 Å². The Hall–Kier alpha value is -4.25. The van der Waals surface area contributed by atoms with Crippen LogP contribution in [-0.2, 0) is 13.1 Å². The third kappa shape index (κ3) is 7.41. The molecule has 3 rings (SSSR count). The molecule has 11 nitrogen and oxygen atoms in total. The summed E-state index contributed by atoms with van der Waals surface area (Å²) in [5.41, 5.74) is 1.09. The number of methoxy groups -OCH3 is 4. The van der Waals surface area contributed by atoms with Crippen LogP contribution in [0.3, 0.4) is 0 Å². The lowest BCUT2D eigenvalue weighted by Crippen LogP contribution is -2.30. The van der Waals surface area contributed by atoms with Gasteiger partial charge in [-0.25, -0.2) is 4.98 Å². The van der Waals surface area contributed by atoms with Crippen molar-refractivity contribution < 1.29 is 29.0 Å². The molecule has 2 aromatic carbocycles. The van der Waals surface area contributed by atoms with Crippen LogP contribution in [0.25, 0.3) is 0 Å². The van der Waals surface area contributed by atoms with Gasteiger partial charge in [-0.15, -0.1) is 0 Å². The van der Waals surface area contributed by atoms with Gasteiger partial charge in [-0.05, 0) is 51.1 Å². The molecule has 210 valence electrons. The van der Waals surface area contributed by atoms with Crippen LogP contribution < -0.4 is 29.2 Å². The predicted molar refractivity (Wildman–Crippen MR) is 149 cm³/mol.